The molecule has 8 nitrogen and oxygen atoms in total. The van der Waals surface area contributed by atoms with E-state index in [1.54, 1.807) is 31.5 Å². The monoisotopic (exact) mass is 566 g/mol. The quantitative estimate of drug-likeness (QED) is 0.178. The SMILES string of the molecule is Cc1ccnc(Oc2ccc(-c3c(-c4cnc(C#C[Si](C)(C)C(C)(C)C)cc4C)oc4ncnc(N)c34)cc2F)n1. The van der Waals surface area contributed by atoms with Crippen LogP contribution in [-0.2, 0) is 0 Å². The van der Waals surface area contributed by atoms with Crippen LogP contribution < -0.4 is 10.5 Å². The van der Waals surface area contributed by atoms with Crippen LogP contribution in [-0.4, -0.2) is 33.0 Å². The van der Waals surface area contributed by atoms with Gasteiger partial charge < -0.3 is 14.9 Å². The summed E-state index contributed by atoms with van der Waals surface area (Å²) < 4.78 is 27.2. The summed E-state index contributed by atoms with van der Waals surface area (Å²) in [4.78, 5) is 21.3. The number of ether oxygens (including phenoxy) is 1. The van der Waals surface area contributed by atoms with Crippen molar-refractivity contribution >= 4 is 25.0 Å². The topological polar surface area (TPSA) is 113 Å². The van der Waals surface area contributed by atoms with Gasteiger partial charge in [0.05, 0.1) is 5.39 Å². The number of aryl methyl sites for hydroxylation is 2. The first kappa shape index (κ1) is 27.9. The normalized spacial score (nSPS) is 11.8. The van der Waals surface area contributed by atoms with Crippen LogP contribution in [0.15, 0.2) is 53.5 Å². The first-order valence-corrected chi connectivity index (χ1v) is 16.1. The lowest BCUT2D eigenvalue weighted by Gasteiger charge is -2.31. The molecule has 0 amide bonds. The van der Waals surface area contributed by atoms with Crippen LogP contribution >= 0.6 is 0 Å². The molecule has 0 saturated carbocycles. The van der Waals surface area contributed by atoms with Gasteiger partial charge in [-0.2, -0.15) is 0 Å². The summed E-state index contributed by atoms with van der Waals surface area (Å²) in [7, 11) is -1.80. The van der Waals surface area contributed by atoms with E-state index >= 15 is 4.39 Å². The fraction of sp³-hybridized carbons (Fsp3) is 0.258. The molecule has 0 atom stereocenters. The van der Waals surface area contributed by atoms with Crippen molar-refractivity contribution in [3.8, 4) is 45.7 Å². The Morgan fingerprint density at radius 1 is 1.02 bits per heavy atom. The molecule has 5 rings (SSSR count). The molecule has 0 fully saturated rings. The van der Waals surface area contributed by atoms with Crippen LogP contribution in [0.25, 0.3) is 33.6 Å². The Morgan fingerprint density at radius 2 is 1.80 bits per heavy atom. The number of hydrogen-bond acceptors (Lipinski definition) is 8. The molecule has 4 aromatic heterocycles. The number of furan rings is 1. The highest BCUT2D eigenvalue weighted by Gasteiger charge is 2.33. The zero-order chi connectivity index (χ0) is 29.5. The van der Waals surface area contributed by atoms with Crippen molar-refractivity contribution in [2.45, 2.75) is 52.8 Å². The van der Waals surface area contributed by atoms with Gasteiger partial charge in [0.2, 0.25) is 5.71 Å². The average molecular weight is 567 g/mol. The van der Waals surface area contributed by atoms with Gasteiger partial charge in [-0.05, 0) is 54.3 Å². The lowest BCUT2D eigenvalue weighted by Crippen LogP contribution is -2.35. The Labute approximate surface area is 239 Å². The van der Waals surface area contributed by atoms with E-state index in [0.717, 1.165) is 5.56 Å². The van der Waals surface area contributed by atoms with Gasteiger partial charge >= 0.3 is 6.01 Å². The predicted octanol–water partition coefficient (Wildman–Crippen LogP) is 7.27. The van der Waals surface area contributed by atoms with Crippen LogP contribution in [0.1, 0.15) is 37.7 Å². The lowest BCUT2D eigenvalue weighted by atomic mass is 9.97. The third kappa shape index (κ3) is 5.54. The van der Waals surface area contributed by atoms with Gasteiger partial charge in [0.15, 0.2) is 11.6 Å². The standard InChI is InChI=1S/C31H31FN6O2Si/c1-18-14-21(11-13-41(6,7)31(3,4)5)35-16-22(18)27-25(26-28(33)36-17-37-29(26)40-27)20-8-9-24(23(32)15-20)39-30-34-12-10-19(2)38-30/h8-10,12,14-17H,1-7H3,(H2,33,36,37). The van der Waals surface area contributed by atoms with Crippen molar-refractivity contribution in [1.82, 2.24) is 24.9 Å². The van der Waals surface area contributed by atoms with Gasteiger partial charge in [-0.3, -0.25) is 0 Å². The smallest absolute Gasteiger partial charge is 0.322 e. The molecule has 2 N–H and O–H groups in total. The highest BCUT2D eigenvalue weighted by atomic mass is 28.3. The summed E-state index contributed by atoms with van der Waals surface area (Å²) in [5.41, 5.74) is 14.1. The van der Waals surface area contributed by atoms with Crippen molar-refractivity contribution in [2.24, 2.45) is 0 Å². The molecule has 0 aliphatic heterocycles. The molecule has 41 heavy (non-hydrogen) atoms. The van der Waals surface area contributed by atoms with Crippen LogP contribution in [0.2, 0.25) is 18.1 Å². The molecule has 4 heterocycles. The third-order valence-electron chi connectivity index (χ3n) is 7.45. The fourth-order valence-corrected chi connectivity index (χ4v) is 4.82. The second kappa shape index (κ2) is 10.4. The molecule has 0 spiro atoms. The van der Waals surface area contributed by atoms with E-state index in [-0.39, 0.29) is 28.3 Å². The summed E-state index contributed by atoms with van der Waals surface area (Å²) in [6.07, 6.45) is 4.61. The number of hydrogen-bond donors (Lipinski definition) is 1. The van der Waals surface area contributed by atoms with E-state index in [1.807, 2.05) is 13.0 Å². The van der Waals surface area contributed by atoms with Gasteiger partial charge in [0.1, 0.15) is 31.7 Å². The number of aromatic nitrogens is 5. The van der Waals surface area contributed by atoms with Crippen molar-refractivity contribution in [2.75, 3.05) is 5.73 Å². The van der Waals surface area contributed by atoms with E-state index in [4.69, 9.17) is 14.9 Å². The van der Waals surface area contributed by atoms with Crippen molar-refractivity contribution in [1.29, 1.82) is 0 Å². The van der Waals surface area contributed by atoms with Gasteiger partial charge in [0, 0.05) is 29.2 Å². The Balaban J connectivity index is 1.59. The second-order valence-electron chi connectivity index (χ2n) is 11.5. The minimum Gasteiger partial charge on any atom is -0.437 e. The largest absolute Gasteiger partial charge is 0.437 e. The number of benzene rings is 1. The first-order valence-electron chi connectivity index (χ1n) is 13.1. The predicted molar refractivity (Wildman–Crippen MR) is 160 cm³/mol. The van der Waals surface area contributed by atoms with Crippen LogP contribution in [0.3, 0.4) is 0 Å². The molecule has 5 aromatic rings. The lowest BCUT2D eigenvalue weighted by molar-refractivity contribution is 0.410. The minimum absolute atomic E-state index is 0.0135. The maximum atomic E-state index is 15.4. The molecule has 0 aliphatic carbocycles. The number of rotatable bonds is 4. The van der Waals surface area contributed by atoms with Gasteiger partial charge in [-0.25, -0.2) is 29.3 Å². The molecular weight excluding hydrogens is 535 g/mol. The van der Waals surface area contributed by atoms with Crippen molar-refractivity contribution in [3.63, 3.8) is 0 Å². The Morgan fingerprint density at radius 3 is 2.49 bits per heavy atom. The van der Waals surface area contributed by atoms with E-state index in [9.17, 15) is 0 Å². The summed E-state index contributed by atoms with van der Waals surface area (Å²) in [5.74, 6) is 3.34. The molecule has 0 radical (unpaired) electrons. The number of fused-ring (bicyclic) bond motifs is 1. The van der Waals surface area contributed by atoms with Crippen LogP contribution in [0, 0.1) is 31.1 Å². The number of halogens is 1. The number of nitrogens with two attached hydrogens (primary N) is 1. The Kier molecular flexibility index (Phi) is 7.09. The van der Waals surface area contributed by atoms with E-state index in [0.29, 0.717) is 39.2 Å². The third-order valence-corrected chi connectivity index (χ3v) is 11.9. The van der Waals surface area contributed by atoms with Crippen LogP contribution in [0.4, 0.5) is 10.2 Å². The van der Waals surface area contributed by atoms with E-state index in [2.05, 4.69) is 70.2 Å². The van der Waals surface area contributed by atoms with E-state index in [1.165, 1.54) is 18.5 Å². The average Bonchev–Trinajstić information content (AvgIpc) is 3.29. The highest BCUT2D eigenvalue weighted by Crippen LogP contribution is 2.43. The summed E-state index contributed by atoms with van der Waals surface area (Å²) in [6, 6.07) is 8.31. The first-order chi connectivity index (χ1) is 19.3. The second-order valence-corrected chi connectivity index (χ2v) is 16.5. The highest BCUT2D eigenvalue weighted by molar-refractivity contribution is 6.87. The Bertz CT molecular complexity index is 1850. The number of anilines is 1. The zero-order valence-corrected chi connectivity index (χ0v) is 25.1. The summed E-state index contributed by atoms with van der Waals surface area (Å²) in [5, 5.41) is 0.626. The van der Waals surface area contributed by atoms with Crippen molar-refractivity contribution < 1.29 is 13.5 Å². The fourth-order valence-electron chi connectivity index (χ4n) is 4.00. The molecule has 208 valence electrons. The van der Waals surface area contributed by atoms with Gasteiger partial charge in [-0.15, -0.1) is 5.54 Å². The number of nitrogen functional groups attached to an aromatic ring is 1. The van der Waals surface area contributed by atoms with Crippen LogP contribution in [0.5, 0.6) is 11.8 Å². The Hall–Kier alpha value is -4.62. The molecule has 0 bridgehead atoms. The molecule has 1 aromatic carbocycles. The number of nitrogens with zero attached hydrogens (tertiary/aromatic N) is 5. The van der Waals surface area contributed by atoms with E-state index < -0.39 is 13.9 Å². The summed E-state index contributed by atoms with van der Waals surface area (Å²) in [6.45, 7) is 15.0. The van der Waals surface area contributed by atoms with Gasteiger partial charge in [-0.1, -0.05) is 45.9 Å². The maximum Gasteiger partial charge on any atom is 0.322 e. The molecule has 10 heteroatoms. The molecule has 0 unspecified atom stereocenters. The summed E-state index contributed by atoms with van der Waals surface area (Å²) >= 11 is 0. The number of pyridine rings is 1. The minimum atomic E-state index is -1.80. The maximum absolute atomic E-state index is 15.4. The molecular formula is C31H31FN6O2Si. The zero-order valence-electron chi connectivity index (χ0n) is 24.1. The molecule has 0 saturated heterocycles. The van der Waals surface area contributed by atoms with Gasteiger partial charge in [0.25, 0.3) is 0 Å². The molecule has 0 aliphatic rings. The van der Waals surface area contributed by atoms with Crippen molar-refractivity contribution in [3.05, 3.63) is 71.8 Å².